The van der Waals surface area contributed by atoms with Gasteiger partial charge >= 0.3 is 0 Å². The molecule has 0 atom stereocenters. The van der Waals surface area contributed by atoms with Gasteiger partial charge in [0.2, 0.25) is 4.96 Å². The molecule has 7 heteroatoms. The Labute approximate surface area is 124 Å². The fourth-order valence-electron chi connectivity index (χ4n) is 1.85. The molecule has 0 saturated heterocycles. The Morgan fingerprint density at radius 1 is 1.35 bits per heavy atom. The molecule has 3 rings (SSSR count). The van der Waals surface area contributed by atoms with Gasteiger partial charge in [-0.1, -0.05) is 22.9 Å². The molecule has 2 aromatic heterocycles. The second kappa shape index (κ2) is 5.40. The second-order valence-electron chi connectivity index (χ2n) is 4.23. The largest absolute Gasteiger partial charge is 0.486 e. The Kier molecular flexibility index (Phi) is 3.60. The van der Waals surface area contributed by atoms with E-state index in [2.05, 4.69) is 10.1 Å². The van der Waals surface area contributed by atoms with Crippen molar-refractivity contribution in [2.24, 2.45) is 0 Å². The van der Waals surface area contributed by atoms with Gasteiger partial charge < -0.3 is 9.84 Å². The van der Waals surface area contributed by atoms with Crippen LogP contribution >= 0.6 is 22.9 Å². The molecule has 0 fully saturated rings. The van der Waals surface area contributed by atoms with Gasteiger partial charge in [-0.25, -0.2) is 9.50 Å². The third-order valence-electron chi connectivity index (χ3n) is 2.86. The number of hydrogen-bond acceptors (Lipinski definition) is 5. The Morgan fingerprint density at radius 3 is 2.80 bits per heavy atom. The number of hydrogen-bond donors (Lipinski definition) is 1. The topological polar surface area (TPSA) is 59.7 Å². The van der Waals surface area contributed by atoms with E-state index in [1.54, 1.807) is 16.6 Å². The van der Waals surface area contributed by atoms with Crippen LogP contribution in [0.5, 0.6) is 5.75 Å². The molecule has 0 aliphatic carbocycles. The predicted octanol–water partition coefficient (Wildman–Crippen LogP) is 2.82. The summed E-state index contributed by atoms with van der Waals surface area (Å²) >= 11 is 7.26. The van der Waals surface area contributed by atoms with Gasteiger partial charge in [-0.05, 0) is 31.2 Å². The van der Waals surface area contributed by atoms with E-state index >= 15 is 0 Å². The molecular weight excluding hydrogens is 298 g/mol. The van der Waals surface area contributed by atoms with Crippen LogP contribution in [0.4, 0.5) is 0 Å². The SMILES string of the molecule is Cc1nc2sc(COc3ccc(Cl)cc3)nn2c1CO. The van der Waals surface area contributed by atoms with Gasteiger partial charge in [0.05, 0.1) is 18.0 Å². The summed E-state index contributed by atoms with van der Waals surface area (Å²) in [5.41, 5.74) is 1.52. The monoisotopic (exact) mass is 309 g/mol. The normalized spacial score (nSPS) is 11.2. The molecule has 5 nitrogen and oxygen atoms in total. The third-order valence-corrected chi connectivity index (χ3v) is 4.00. The number of ether oxygens (including phenoxy) is 1. The first-order chi connectivity index (χ1) is 9.67. The van der Waals surface area contributed by atoms with Crippen molar-refractivity contribution in [1.29, 1.82) is 0 Å². The van der Waals surface area contributed by atoms with E-state index in [-0.39, 0.29) is 6.61 Å². The number of halogens is 1. The summed E-state index contributed by atoms with van der Waals surface area (Å²) in [6, 6.07) is 7.17. The van der Waals surface area contributed by atoms with Crippen LogP contribution in [-0.2, 0) is 13.2 Å². The number of aryl methyl sites for hydroxylation is 1. The second-order valence-corrected chi connectivity index (χ2v) is 5.71. The minimum atomic E-state index is -0.0752. The van der Waals surface area contributed by atoms with Crippen molar-refractivity contribution >= 4 is 27.9 Å². The molecular formula is C13H12ClN3O2S. The van der Waals surface area contributed by atoms with Crippen molar-refractivity contribution in [1.82, 2.24) is 14.6 Å². The van der Waals surface area contributed by atoms with Crippen LogP contribution in [0, 0.1) is 6.92 Å². The van der Waals surface area contributed by atoms with E-state index in [4.69, 9.17) is 16.3 Å². The molecule has 20 heavy (non-hydrogen) atoms. The Hall–Kier alpha value is -1.63. The maximum atomic E-state index is 9.31. The number of nitrogens with zero attached hydrogens (tertiary/aromatic N) is 3. The average molecular weight is 310 g/mol. The highest BCUT2D eigenvalue weighted by atomic mass is 35.5. The van der Waals surface area contributed by atoms with Crippen LogP contribution in [0.1, 0.15) is 16.4 Å². The van der Waals surface area contributed by atoms with E-state index in [0.29, 0.717) is 17.3 Å². The molecule has 0 saturated carbocycles. The van der Waals surface area contributed by atoms with E-state index < -0.39 is 0 Å². The standard InChI is InChI=1S/C13H12ClN3O2S/c1-8-11(6-18)17-13(15-8)20-12(16-17)7-19-10-4-2-9(14)3-5-10/h2-5,18H,6-7H2,1H3. The molecule has 0 spiro atoms. The van der Waals surface area contributed by atoms with Gasteiger partial charge in [-0.15, -0.1) is 0 Å². The van der Waals surface area contributed by atoms with Crippen LogP contribution < -0.4 is 4.74 Å². The van der Waals surface area contributed by atoms with Crippen LogP contribution in [0.2, 0.25) is 5.02 Å². The zero-order chi connectivity index (χ0) is 14.1. The maximum Gasteiger partial charge on any atom is 0.212 e. The zero-order valence-electron chi connectivity index (χ0n) is 10.7. The predicted molar refractivity (Wildman–Crippen MR) is 77.3 cm³/mol. The number of benzene rings is 1. The Bertz CT molecular complexity index is 736. The summed E-state index contributed by atoms with van der Waals surface area (Å²) in [6.45, 7) is 2.14. The van der Waals surface area contributed by atoms with Crippen molar-refractivity contribution in [2.75, 3.05) is 0 Å². The van der Waals surface area contributed by atoms with Crippen LogP contribution in [-0.4, -0.2) is 19.7 Å². The summed E-state index contributed by atoms with van der Waals surface area (Å²) in [6.07, 6.45) is 0. The number of aliphatic hydroxyl groups excluding tert-OH is 1. The fraction of sp³-hybridized carbons (Fsp3) is 0.231. The lowest BCUT2D eigenvalue weighted by Crippen LogP contribution is -1.99. The molecule has 1 N–H and O–H groups in total. The first-order valence-corrected chi connectivity index (χ1v) is 7.20. The highest BCUT2D eigenvalue weighted by Gasteiger charge is 2.13. The molecule has 0 aliphatic heterocycles. The van der Waals surface area contributed by atoms with Gasteiger partial charge in [-0.3, -0.25) is 0 Å². The van der Waals surface area contributed by atoms with Gasteiger partial charge in [0, 0.05) is 5.02 Å². The summed E-state index contributed by atoms with van der Waals surface area (Å²) in [7, 11) is 0. The first kappa shape index (κ1) is 13.4. The molecule has 0 unspecified atom stereocenters. The van der Waals surface area contributed by atoms with Crippen molar-refractivity contribution in [3.05, 3.63) is 45.7 Å². The van der Waals surface area contributed by atoms with E-state index in [1.165, 1.54) is 11.3 Å². The number of aromatic nitrogens is 3. The van der Waals surface area contributed by atoms with Gasteiger partial charge in [0.15, 0.2) is 5.01 Å². The lowest BCUT2D eigenvalue weighted by atomic mass is 10.3. The highest BCUT2D eigenvalue weighted by molar-refractivity contribution is 7.16. The number of imidazole rings is 1. The zero-order valence-corrected chi connectivity index (χ0v) is 12.3. The number of fused-ring (bicyclic) bond motifs is 1. The molecule has 1 aromatic carbocycles. The van der Waals surface area contributed by atoms with E-state index in [9.17, 15) is 5.11 Å². The molecule has 0 bridgehead atoms. The lowest BCUT2D eigenvalue weighted by Gasteiger charge is -2.03. The third kappa shape index (κ3) is 2.49. The number of rotatable bonds is 4. The Balaban J connectivity index is 1.78. The quantitative estimate of drug-likeness (QED) is 0.805. The molecule has 0 radical (unpaired) electrons. The molecule has 0 aliphatic rings. The van der Waals surface area contributed by atoms with Gasteiger partial charge in [0.25, 0.3) is 0 Å². The summed E-state index contributed by atoms with van der Waals surface area (Å²) in [5.74, 6) is 0.737. The molecule has 104 valence electrons. The Morgan fingerprint density at radius 2 is 2.10 bits per heavy atom. The lowest BCUT2D eigenvalue weighted by molar-refractivity contribution is 0.272. The van der Waals surface area contributed by atoms with E-state index in [0.717, 1.165) is 21.4 Å². The smallest absolute Gasteiger partial charge is 0.212 e. The number of aliphatic hydroxyl groups is 1. The minimum absolute atomic E-state index is 0.0752. The summed E-state index contributed by atoms with van der Waals surface area (Å²) in [4.78, 5) is 5.12. The van der Waals surface area contributed by atoms with Crippen molar-refractivity contribution < 1.29 is 9.84 Å². The fourth-order valence-corrected chi connectivity index (χ4v) is 2.84. The molecule has 0 amide bonds. The van der Waals surface area contributed by atoms with Crippen molar-refractivity contribution in [2.45, 2.75) is 20.1 Å². The van der Waals surface area contributed by atoms with Gasteiger partial charge in [-0.2, -0.15) is 5.10 Å². The minimum Gasteiger partial charge on any atom is -0.486 e. The van der Waals surface area contributed by atoms with E-state index in [1.807, 2.05) is 19.1 Å². The van der Waals surface area contributed by atoms with Crippen molar-refractivity contribution in [3.8, 4) is 5.75 Å². The summed E-state index contributed by atoms with van der Waals surface area (Å²) < 4.78 is 7.30. The average Bonchev–Trinajstić information content (AvgIpc) is 2.94. The first-order valence-electron chi connectivity index (χ1n) is 6.00. The molecule has 2 heterocycles. The van der Waals surface area contributed by atoms with Crippen LogP contribution in [0.25, 0.3) is 4.96 Å². The molecule has 3 aromatic rings. The van der Waals surface area contributed by atoms with Crippen LogP contribution in [0.15, 0.2) is 24.3 Å². The van der Waals surface area contributed by atoms with Crippen molar-refractivity contribution in [3.63, 3.8) is 0 Å². The summed E-state index contributed by atoms with van der Waals surface area (Å²) in [5, 5.41) is 15.2. The van der Waals surface area contributed by atoms with Gasteiger partial charge in [0.1, 0.15) is 12.4 Å². The highest BCUT2D eigenvalue weighted by Crippen LogP contribution is 2.21. The van der Waals surface area contributed by atoms with Crippen LogP contribution in [0.3, 0.4) is 0 Å². The maximum absolute atomic E-state index is 9.31.